The van der Waals surface area contributed by atoms with Crippen molar-refractivity contribution in [1.29, 1.82) is 0 Å². The van der Waals surface area contributed by atoms with Crippen LogP contribution in [0.5, 0.6) is 5.75 Å². The monoisotopic (exact) mass is 505 g/mol. The molecule has 0 aromatic heterocycles. The van der Waals surface area contributed by atoms with Crippen molar-refractivity contribution < 1.29 is 28.4 Å². The van der Waals surface area contributed by atoms with Gasteiger partial charge in [0.1, 0.15) is 18.2 Å². The van der Waals surface area contributed by atoms with Crippen LogP contribution in [0.15, 0.2) is 42.5 Å². The Morgan fingerprint density at radius 1 is 1.26 bits per heavy atom. The molecule has 1 fully saturated rings. The number of halogens is 2. The predicted molar refractivity (Wildman–Crippen MR) is 128 cm³/mol. The summed E-state index contributed by atoms with van der Waals surface area (Å²) in [7, 11) is 1.39. The molecule has 2 aromatic carbocycles. The Morgan fingerprint density at radius 3 is 2.60 bits per heavy atom. The molecule has 186 valence electrons. The molecule has 0 spiro atoms. The van der Waals surface area contributed by atoms with Crippen LogP contribution in [0.3, 0.4) is 0 Å². The van der Waals surface area contributed by atoms with E-state index in [0.717, 1.165) is 5.56 Å². The molecule has 35 heavy (non-hydrogen) atoms. The summed E-state index contributed by atoms with van der Waals surface area (Å²) in [4.78, 5) is 38.9. The van der Waals surface area contributed by atoms with Gasteiger partial charge in [-0.05, 0) is 29.8 Å². The molecule has 0 bridgehead atoms. The molecule has 9 nitrogen and oxygen atoms in total. The maximum atomic E-state index is 13.2. The van der Waals surface area contributed by atoms with Crippen LogP contribution in [-0.2, 0) is 20.9 Å². The molecule has 2 aromatic rings. The third-order valence-corrected chi connectivity index (χ3v) is 5.85. The largest absolute Gasteiger partial charge is 0.495 e. The number of esters is 1. The van der Waals surface area contributed by atoms with Gasteiger partial charge in [0.05, 0.1) is 28.7 Å². The lowest BCUT2D eigenvalue weighted by Gasteiger charge is -2.40. The molecule has 1 saturated heterocycles. The first-order valence-electron chi connectivity index (χ1n) is 10.8. The Hall–Kier alpha value is -3.50. The van der Waals surface area contributed by atoms with E-state index in [1.807, 2.05) is 0 Å². The topological polar surface area (TPSA) is 102 Å². The average molecular weight is 506 g/mol. The lowest BCUT2D eigenvalue weighted by molar-refractivity contribution is -0.385. The van der Waals surface area contributed by atoms with Gasteiger partial charge in [-0.3, -0.25) is 24.6 Å². The van der Waals surface area contributed by atoms with Gasteiger partial charge in [-0.2, -0.15) is 0 Å². The number of hydrogen-bond donors (Lipinski definition) is 0. The van der Waals surface area contributed by atoms with E-state index in [0.29, 0.717) is 26.2 Å². The van der Waals surface area contributed by atoms with Crippen LogP contribution in [0.1, 0.15) is 18.1 Å². The van der Waals surface area contributed by atoms with Crippen molar-refractivity contribution in [1.82, 2.24) is 9.80 Å². The van der Waals surface area contributed by atoms with Gasteiger partial charge in [-0.1, -0.05) is 23.7 Å². The van der Waals surface area contributed by atoms with E-state index in [-0.39, 0.29) is 40.4 Å². The third kappa shape index (κ3) is 7.00. The minimum atomic E-state index is -0.590. The summed E-state index contributed by atoms with van der Waals surface area (Å²) >= 11 is 6.00. The number of piperazine rings is 1. The fourth-order valence-electron chi connectivity index (χ4n) is 3.82. The fraction of sp³-hybridized carbons (Fsp3) is 0.333. The summed E-state index contributed by atoms with van der Waals surface area (Å²) in [6.07, 6.45) is 2.58. The van der Waals surface area contributed by atoms with Gasteiger partial charge in [-0.25, -0.2) is 4.39 Å². The van der Waals surface area contributed by atoms with E-state index in [1.165, 1.54) is 50.5 Å². The first kappa shape index (κ1) is 26.1. The van der Waals surface area contributed by atoms with E-state index >= 15 is 0 Å². The molecule has 1 amide bonds. The van der Waals surface area contributed by atoms with Crippen LogP contribution in [0.25, 0.3) is 6.08 Å². The van der Waals surface area contributed by atoms with Crippen molar-refractivity contribution in [2.24, 2.45) is 0 Å². The zero-order valence-electron chi connectivity index (χ0n) is 19.3. The Morgan fingerprint density at radius 2 is 1.97 bits per heavy atom. The summed E-state index contributed by atoms with van der Waals surface area (Å²) in [5.74, 6) is -0.923. The van der Waals surface area contributed by atoms with Crippen molar-refractivity contribution in [3.8, 4) is 5.75 Å². The number of amides is 1. The Balaban J connectivity index is 1.77. The first-order valence-corrected chi connectivity index (χ1v) is 11.2. The van der Waals surface area contributed by atoms with Crippen LogP contribution >= 0.6 is 11.6 Å². The van der Waals surface area contributed by atoms with Crippen molar-refractivity contribution in [2.75, 3.05) is 33.4 Å². The third-order valence-electron chi connectivity index (χ3n) is 5.55. The second-order valence-electron chi connectivity index (χ2n) is 7.99. The molecule has 3 rings (SSSR count). The van der Waals surface area contributed by atoms with Gasteiger partial charge < -0.3 is 14.4 Å². The van der Waals surface area contributed by atoms with E-state index in [1.54, 1.807) is 17.0 Å². The number of nitro benzene ring substituents is 1. The number of rotatable bonds is 8. The van der Waals surface area contributed by atoms with Gasteiger partial charge in [0.15, 0.2) is 0 Å². The van der Waals surface area contributed by atoms with Crippen LogP contribution < -0.4 is 4.74 Å². The quantitative estimate of drug-likeness (QED) is 0.233. The van der Waals surface area contributed by atoms with E-state index in [4.69, 9.17) is 21.1 Å². The van der Waals surface area contributed by atoms with Crippen LogP contribution in [0.2, 0.25) is 5.02 Å². The summed E-state index contributed by atoms with van der Waals surface area (Å²) < 4.78 is 23.5. The van der Waals surface area contributed by atoms with E-state index in [2.05, 4.69) is 4.90 Å². The summed E-state index contributed by atoms with van der Waals surface area (Å²) in [6.45, 7) is 3.16. The second kappa shape index (κ2) is 11.8. The van der Waals surface area contributed by atoms with Crippen molar-refractivity contribution >= 4 is 35.2 Å². The van der Waals surface area contributed by atoms with Crippen LogP contribution in [0.4, 0.5) is 10.1 Å². The molecular weight excluding hydrogens is 481 g/mol. The average Bonchev–Trinajstić information content (AvgIpc) is 2.83. The minimum absolute atomic E-state index is 0.00372. The molecule has 0 unspecified atom stereocenters. The zero-order chi connectivity index (χ0) is 25.5. The van der Waals surface area contributed by atoms with Crippen LogP contribution in [-0.4, -0.2) is 66.0 Å². The number of carbonyl (C=O) groups is 2. The van der Waals surface area contributed by atoms with Gasteiger partial charge in [0.25, 0.3) is 5.69 Å². The van der Waals surface area contributed by atoms with Gasteiger partial charge in [0, 0.05) is 45.2 Å². The van der Waals surface area contributed by atoms with Gasteiger partial charge >= 0.3 is 5.97 Å². The number of nitrogens with zero attached hydrogens (tertiary/aromatic N) is 3. The van der Waals surface area contributed by atoms with Crippen LogP contribution in [0, 0.1) is 15.9 Å². The highest BCUT2D eigenvalue weighted by Gasteiger charge is 2.30. The van der Waals surface area contributed by atoms with E-state index < -0.39 is 16.9 Å². The maximum absolute atomic E-state index is 13.2. The molecule has 1 aliphatic rings. The Bertz CT molecular complexity index is 1120. The fourth-order valence-corrected chi connectivity index (χ4v) is 4.06. The van der Waals surface area contributed by atoms with Crippen molar-refractivity contribution in [2.45, 2.75) is 19.5 Å². The lowest BCUT2D eigenvalue weighted by Crippen LogP contribution is -2.56. The molecule has 0 N–H and O–H groups in total. The second-order valence-corrected chi connectivity index (χ2v) is 8.39. The number of methoxy groups -OCH3 is 1. The van der Waals surface area contributed by atoms with Gasteiger partial charge in [0.2, 0.25) is 5.91 Å². The number of hydrogen-bond acceptors (Lipinski definition) is 7. The standard InChI is InChI=1S/C24H25ClFN3O6/c1-16(30)35-15-20-14-27(13-17-3-6-19(26)7-4-17)9-10-28(20)24(31)8-5-18-11-23(34-2)21(25)12-22(18)29(32)33/h3-8,11-12,20H,9-10,13-15H2,1-2H3/b8-5+/t20-/m0/s1. The minimum Gasteiger partial charge on any atom is -0.495 e. The number of ether oxygens (including phenoxy) is 2. The summed E-state index contributed by atoms with van der Waals surface area (Å²) in [5, 5.41) is 11.5. The number of nitro groups is 1. The molecule has 11 heteroatoms. The molecule has 1 heterocycles. The Kier molecular flexibility index (Phi) is 8.78. The maximum Gasteiger partial charge on any atom is 0.302 e. The molecule has 0 radical (unpaired) electrons. The molecule has 0 aliphatic carbocycles. The van der Waals surface area contributed by atoms with Crippen molar-refractivity contribution in [3.05, 3.63) is 74.6 Å². The van der Waals surface area contributed by atoms with Crippen molar-refractivity contribution in [3.63, 3.8) is 0 Å². The lowest BCUT2D eigenvalue weighted by atomic mass is 10.1. The smallest absolute Gasteiger partial charge is 0.302 e. The summed E-state index contributed by atoms with van der Waals surface area (Å²) in [5.41, 5.74) is 0.817. The molecule has 1 atom stereocenters. The predicted octanol–water partition coefficient (Wildman–Crippen LogP) is 3.69. The molecule has 1 aliphatic heterocycles. The highest BCUT2D eigenvalue weighted by molar-refractivity contribution is 6.32. The SMILES string of the molecule is COc1cc(/C=C/C(=O)N2CCN(Cc3ccc(F)cc3)C[C@H]2COC(C)=O)c([N+](=O)[O-])cc1Cl. The normalized spacial score (nSPS) is 16.3. The zero-order valence-corrected chi connectivity index (χ0v) is 20.0. The molecular formula is C24H25ClFN3O6. The molecule has 0 saturated carbocycles. The number of benzene rings is 2. The summed E-state index contributed by atoms with van der Waals surface area (Å²) in [6, 6.07) is 8.31. The highest BCUT2D eigenvalue weighted by Crippen LogP contribution is 2.33. The highest BCUT2D eigenvalue weighted by atomic mass is 35.5. The first-order chi connectivity index (χ1) is 16.7. The van der Waals surface area contributed by atoms with Gasteiger partial charge in [-0.15, -0.1) is 0 Å². The van der Waals surface area contributed by atoms with E-state index in [9.17, 15) is 24.1 Å². The Labute approximate surface area is 206 Å². The number of carbonyl (C=O) groups excluding carboxylic acids is 2.